The third-order valence-corrected chi connectivity index (χ3v) is 10.4. The van der Waals surface area contributed by atoms with Crippen molar-refractivity contribution in [3.63, 3.8) is 0 Å². The van der Waals surface area contributed by atoms with Gasteiger partial charge in [-0.25, -0.2) is 0 Å². The topological polar surface area (TPSA) is 44.4 Å². The number of nitrogens with zero attached hydrogens (tertiary/aromatic N) is 1. The second-order valence-electron chi connectivity index (χ2n) is 10.2. The predicted octanol–water partition coefficient (Wildman–Crippen LogP) is 5.75. The molecule has 1 spiro atoms. The minimum atomic E-state index is -0.0671. The average Bonchev–Trinajstić information content (AvgIpc) is 3.48. The Hall–Kier alpha value is -1.76. The highest BCUT2D eigenvalue weighted by molar-refractivity contribution is 9.11. The fourth-order valence-electron chi connectivity index (χ4n) is 6.74. The van der Waals surface area contributed by atoms with E-state index in [9.17, 15) is 4.79 Å². The van der Waals surface area contributed by atoms with E-state index >= 15 is 0 Å². The van der Waals surface area contributed by atoms with Crippen molar-refractivity contribution in [3.05, 3.63) is 82.4 Å². The van der Waals surface area contributed by atoms with Crippen molar-refractivity contribution < 1.29 is 4.79 Å². The van der Waals surface area contributed by atoms with Gasteiger partial charge < -0.3 is 15.5 Å². The number of hydrogen-bond donors (Lipinski definition) is 2. The molecule has 6 heteroatoms. The van der Waals surface area contributed by atoms with Gasteiger partial charge in [-0.2, -0.15) is 0 Å². The molecule has 4 nitrogen and oxygen atoms in total. The number of halogens is 1. The molecule has 1 aliphatic carbocycles. The number of rotatable bonds is 3. The molecular formula is C28H32BrN3OS. The molecule has 3 heterocycles. The minimum Gasteiger partial charge on any atom is -0.367 e. The van der Waals surface area contributed by atoms with Crippen LogP contribution in [0.2, 0.25) is 0 Å². The van der Waals surface area contributed by atoms with Gasteiger partial charge in [-0.3, -0.25) is 4.79 Å². The molecule has 2 saturated heterocycles. The van der Waals surface area contributed by atoms with E-state index in [1.165, 1.54) is 21.7 Å². The first-order chi connectivity index (χ1) is 16.7. The maximum absolute atomic E-state index is 14.4. The summed E-state index contributed by atoms with van der Waals surface area (Å²) in [5.74, 6) is 0.834. The number of piperidine rings is 1. The summed E-state index contributed by atoms with van der Waals surface area (Å²) in [5, 5.41) is 7.24. The summed E-state index contributed by atoms with van der Waals surface area (Å²) < 4.78 is 0.225. The Bertz CT molecular complexity index is 1080. The molecule has 0 aromatic heterocycles. The molecular weight excluding hydrogens is 506 g/mol. The number of likely N-dealkylation sites (tertiary alicyclic amines) is 1. The Kier molecular flexibility index (Phi) is 6.25. The molecule has 0 saturated carbocycles. The monoisotopic (exact) mass is 537 g/mol. The number of allylic oxidation sites excluding steroid dienone is 1. The number of fused-ring (bicyclic) bond motifs is 1. The fraction of sp³-hybridized carbons (Fsp3) is 0.464. The number of thioether (sulfide) groups is 1. The van der Waals surface area contributed by atoms with E-state index < -0.39 is 0 Å². The number of carbonyl (C=O) groups excluding carboxylic acids is 1. The summed E-state index contributed by atoms with van der Waals surface area (Å²) in [6, 6.07) is 21.7. The summed E-state index contributed by atoms with van der Waals surface area (Å²) >= 11 is 5.64. The van der Waals surface area contributed by atoms with Crippen molar-refractivity contribution in [1.82, 2.24) is 15.5 Å². The van der Waals surface area contributed by atoms with Gasteiger partial charge in [-0.15, -0.1) is 0 Å². The molecule has 1 amide bonds. The first-order valence-corrected chi connectivity index (χ1v) is 14.4. The maximum atomic E-state index is 14.4. The molecule has 2 N–H and O–H groups in total. The van der Waals surface area contributed by atoms with Crippen LogP contribution in [-0.4, -0.2) is 34.7 Å². The van der Waals surface area contributed by atoms with Gasteiger partial charge in [-0.05, 0) is 49.1 Å². The SMILES string of the molecule is O=C([C@@H]1CNC[C@]12CCCC1=C2SC(Br)N1)N1CC[C@@H](c2ccccc2)C[C@H]1c1ccccc1. The molecule has 1 unspecified atom stereocenters. The first kappa shape index (κ1) is 22.7. The smallest absolute Gasteiger partial charge is 0.228 e. The van der Waals surface area contributed by atoms with E-state index in [4.69, 9.17) is 0 Å². The standard InChI is InChI=1S/C28H32BrN3OS/c29-27-31-23-12-7-14-28(25(23)34-27)18-30-17-22(28)26(33)32-15-13-21(19-8-3-1-4-9-19)16-24(32)20-10-5-2-6-11-20/h1-6,8-11,21-22,24,27,30-31H,7,12-18H2/t21-,22+,24+,27?,28-/m1/s1. The third kappa shape index (κ3) is 3.92. The molecule has 6 rings (SSSR count). The highest BCUT2D eigenvalue weighted by atomic mass is 79.9. The van der Waals surface area contributed by atoms with Crippen LogP contribution >= 0.6 is 27.7 Å². The lowest BCUT2D eigenvalue weighted by atomic mass is 9.69. The summed E-state index contributed by atoms with van der Waals surface area (Å²) in [4.78, 5) is 18.1. The lowest BCUT2D eigenvalue weighted by Gasteiger charge is -2.45. The van der Waals surface area contributed by atoms with Crippen LogP contribution in [0.3, 0.4) is 0 Å². The maximum Gasteiger partial charge on any atom is 0.228 e. The zero-order chi connectivity index (χ0) is 23.1. The Morgan fingerprint density at radius 3 is 2.56 bits per heavy atom. The highest BCUT2D eigenvalue weighted by Crippen LogP contribution is 2.57. The van der Waals surface area contributed by atoms with Crippen LogP contribution in [0.4, 0.5) is 0 Å². The van der Waals surface area contributed by atoms with Crippen LogP contribution in [0, 0.1) is 11.3 Å². The van der Waals surface area contributed by atoms with E-state index in [0.717, 1.165) is 51.7 Å². The lowest BCUT2D eigenvalue weighted by Crippen LogP contribution is -2.49. The number of nitrogens with one attached hydrogen (secondary N) is 2. The van der Waals surface area contributed by atoms with E-state index in [1.807, 2.05) is 11.8 Å². The number of carbonyl (C=O) groups is 1. The van der Waals surface area contributed by atoms with Gasteiger partial charge in [0.2, 0.25) is 5.91 Å². The zero-order valence-corrected chi connectivity index (χ0v) is 21.8. The molecule has 3 aliphatic heterocycles. The van der Waals surface area contributed by atoms with Crippen molar-refractivity contribution in [2.45, 2.75) is 48.3 Å². The molecule has 2 fully saturated rings. The quantitative estimate of drug-likeness (QED) is 0.386. The van der Waals surface area contributed by atoms with Crippen molar-refractivity contribution in [3.8, 4) is 0 Å². The van der Waals surface area contributed by atoms with Crippen LogP contribution in [0.25, 0.3) is 0 Å². The van der Waals surface area contributed by atoms with Gasteiger partial charge >= 0.3 is 0 Å². The minimum absolute atomic E-state index is 0.00406. The van der Waals surface area contributed by atoms with Crippen LogP contribution in [0.15, 0.2) is 71.3 Å². The second kappa shape index (κ2) is 9.36. The molecule has 0 radical (unpaired) electrons. The van der Waals surface area contributed by atoms with E-state index in [-0.39, 0.29) is 21.7 Å². The molecule has 2 aromatic rings. The summed E-state index contributed by atoms with van der Waals surface area (Å²) in [6.45, 7) is 2.51. The molecule has 2 aromatic carbocycles. The van der Waals surface area contributed by atoms with Crippen LogP contribution in [-0.2, 0) is 4.79 Å². The Morgan fingerprint density at radius 2 is 1.79 bits per heavy atom. The van der Waals surface area contributed by atoms with Gasteiger partial charge in [0.05, 0.1) is 12.0 Å². The van der Waals surface area contributed by atoms with Gasteiger partial charge in [-0.1, -0.05) is 88.4 Å². The lowest BCUT2D eigenvalue weighted by molar-refractivity contribution is -0.142. The van der Waals surface area contributed by atoms with Gasteiger partial charge in [0.25, 0.3) is 0 Å². The second-order valence-corrected chi connectivity index (χ2v) is 12.8. The van der Waals surface area contributed by atoms with Gasteiger partial charge in [0.15, 0.2) is 0 Å². The van der Waals surface area contributed by atoms with Crippen molar-refractivity contribution in [1.29, 1.82) is 0 Å². The predicted molar refractivity (Wildman–Crippen MR) is 142 cm³/mol. The number of hydrogen-bond acceptors (Lipinski definition) is 4. The Morgan fingerprint density at radius 1 is 1.06 bits per heavy atom. The van der Waals surface area contributed by atoms with Crippen LogP contribution in [0.5, 0.6) is 0 Å². The van der Waals surface area contributed by atoms with Crippen molar-refractivity contribution in [2.75, 3.05) is 19.6 Å². The van der Waals surface area contributed by atoms with Crippen LogP contribution < -0.4 is 10.6 Å². The van der Waals surface area contributed by atoms with E-state index in [2.05, 4.69) is 92.1 Å². The third-order valence-electron chi connectivity index (χ3n) is 8.38. The highest BCUT2D eigenvalue weighted by Gasteiger charge is 2.54. The summed E-state index contributed by atoms with van der Waals surface area (Å²) in [6.07, 6.45) is 5.36. The fourth-order valence-corrected chi connectivity index (χ4v) is 8.84. The van der Waals surface area contributed by atoms with Gasteiger partial charge in [0, 0.05) is 35.7 Å². The molecule has 4 aliphatic rings. The van der Waals surface area contributed by atoms with Crippen molar-refractivity contribution >= 4 is 33.6 Å². The normalized spacial score (nSPS) is 33.1. The summed E-state index contributed by atoms with van der Waals surface area (Å²) in [5.41, 5.74) is 3.95. The van der Waals surface area contributed by atoms with E-state index in [0.29, 0.717) is 11.8 Å². The van der Waals surface area contributed by atoms with E-state index in [1.54, 1.807) is 0 Å². The molecule has 0 bridgehead atoms. The number of benzene rings is 2. The summed E-state index contributed by atoms with van der Waals surface area (Å²) in [7, 11) is 0. The average molecular weight is 539 g/mol. The number of alkyl halides is 1. The largest absolute Gasteiger partial charge is 0.367 e. The Balaban J connectivity index is 1.32. The first-order valence-electron chi connectivity index (χ1n) is 12.6. The Labute approximate surface area is 215 Å². The van der Waals surface area contributed by atoms with Crippen molar-refractivity contribution in [2.24, 2.45) is 11.3 Å². The molecule has 34 heavy (non-hydrogen) atoms. The van der Waals surface area contributed by atoms with Gasteiger partial charge in [0.1, 0.15) is 4.28 Å². The van der Waals surface area contributed by atoms with Crippen LogP contribution in [0.1, 0.15) is 55.2 Å². The molecule has 5 atom stereocenters. The molecule has 178 valence electrons. The zero-order valence-electron chi connectivity index (χ0n) is 19.4. The number of amides is 1.